The highest BCUT2D eigenvalue weighted by molar-refractivity contribution is 6.00. The zero-order valence-corrected chi connectivity index (χ0v) is 9.69. The minimum Gasteiger partial charge on any atom is -0.361 e. The number of nitrogens with one attached hydrogen (secondary N) is 3. The molecule has 0 aliphatic carbocycles. The largest absolute Gasteiger partial charge is 0.361 e. The first kappa shape index (κ1) is 10.8. The summed E-state index contributed by atoms with van der Waals surface area (Å²) < 4.78 is 0. The Bertz CT molecular complexity index is 617. The first-order valence-electron chi connectivity index (χ1n) is 5.90. The van der Waals surface area contributed by atoms with E-state index in [4.69, 9.17) is 0 Å². The van der Waals surface area contributed by atoms with E-state index in [9.17, 15) is 9.59 Å². The number of aromatic amines is 1. The van der Waals surface area contributed by atoms with Crippen molar-refractivity contribution in [2.24, 2.45) is 0 Å². The molecule has 1 atom stereocenters. The van der Waals surface area contributed by atoms with E-state index < -0.39 is 6.04 Å². The van der Waals surface area contributed by atoms with Crippen LogP contribution in [0.25, 0.3) is 10.9 Å². The monoisotopic (exact) mass is 243 g/mol. The molecule has 92 valence electrons. The molecule has 1 fully saturated rings. The van der Waals surface area contributed by atoms with Crippen LogP contribution in [0.2, 0.25) is 0 Å². The lowest BCUT2D eigenvalue weighted by Crippen LogP contribution is -2.37. The van der Waals surface area contributed by atoms with E-state index in [0.717, 1.165) is 16.6 Å². The van der Waals surface area contributed by atoms with Crippen LogP contribution < -0.4 is 10.6 Å². The fraction of sp³-hybridized carbons (Fsp3) is 0.231. The van der Waals surface area contributed by atoms with E-state index in [1.54, 1.807) is 0 Å². The number of anilines is 1. The number of aromatic nitrogens is 1. The van der Waals surface area contributed by atoms with Crippen molar-refractivity contribution in [1.82, 2.24) is 10.3 Å². The fourth-order valence-corrected chi connectivity index (χ4v) is 2.17. The first-order valence-corrected chi connectivity index (χ1v) is 5.90. The Balaban J connectivity index is 1.75. The molecule has 2 aromatic rings. The van der Waals surface area contributed by atoms with Crippen molar-refractivity contribution in [1.29, 1.82) is 0 Å². The number of hydrogen-bond donors (Lipinski definition) is 3. The highest BCUT2D eigenvalue weighted by Gasteiger charge is 2.27. The maximum absolute atomic E-state index is 11.9. The lowest BCUT2D eigenvalue weighted by Gasteiger charge is -2.10. The average molecular weight is 243 g/mol. The summed E-state index contributed by atoms with van der Waals surface area (Å²) in [6.45, 7) is 0. The molecule has 1 aromatic carbocycles. The number of H-pyrrole nitrogens is 1. The summed E-state index contributed by atoms with van der Waals surface area (Å²) in [6, 6.07) is 7.23. The van der Waals surface area contributed by atoms with Crippen molar-refractivity contribution in [3.63, 3.8) is 0 Å². The van der Waals surface area contributed by atoms with Crippen LogP contribution in [0.5, 0.6) is 0 Å². The van der Waals surface area contributed by atoms with Crippen molar-refractivity contribution < 1.29 is 9.59 Å². The number of carbonyl (C=O) groups excluding carboxylic acids is 2. The maximum atomic E-state index is 11.9. The SMILES string of the molecule is O=C1CCC(C(=O)Nc2ccc3cc[nH]c3c2)N1. The van der Waals surface area contributed by atoms with Crippen LogP contribution in [0.15, 0.2) is 30.5 Å². The molecule has 2 heterocycles. The summed E-state index contributed by atoms with van der Waals surface area (Å²) in [5.41, 5.74) is 1.71. The van der Waals surface area contributed by atoms with E-state index in [1.165, 1.54) is 0 Å². The first-order chi connectivity index (χ1) is 8.72. The molecule has 0 bridgehead atoms. The van der Waals surface area contributed by atoms with Crippen LogP contribution in [-0.2, 0) is 9.59 Å². The number of rotatable bonds is 2. The number of amides is 2. The Labute approximate surface area is 104 Å². The standard InChI is InChI=1S/C13H13N3O2/c17-12-4-3-10(16-12)13(18)15-9-2-1-8-5-6-14-11(8)7-9/h1-2,5-7,10,14H,3-4H2,(H,15,18)(H,16,17). The summed E-state index contributed by atoms with van der Waals surface area (Å²) in [6.07, 6.45) is 2.84. The van der Waals surface area contributed by atoms with E-state index in [0.29, 0.717) is 12.8 Å². The molecule has 5 heteroatoms. The van der Waals surface area contributed by atoms with Gasteiger partial charge in [-0.15, -0.1) is 0 Å². The summed E-state index contributed by atoms with van der Waals surface area (Å²) in [5.74, 6) is -0.221. The number of hydrogen-bond acceptors (Lipinski definition) is 2. The van der Waals surface area contributed by atoms with Gasteiger partial charge in [-0.2, -0.15) is 0 Å². The van der Waals surface area contributed by atoms with Gasteiger partial charge in [0, 0.05) is 23.8 Å². The van der Waals surface area contributed by atoms with Crippen molar-refractivity contribution >= 4 is 28.4 Å². The second kappa shape index (κ2) is 4.18. The van der Waals surface area contributed by atoms with Crippen LogP contribution in [0.4, 0.5) is 5.69 Å². The molecule has 3 N–H and O–H groups in total. The van der Waals surface area contributed by atoms with Gasteiger partial charge in [0.25, 0.3) is 0 Å². The lowest BCUT2D eigenvalue weighted by molar-refractivity contribution is -0.122. The summed E-state index contributed by atoms with van der Waals surface area (Å²) >= 11 is 0. The van der Waals surface area contributed by atoms with E-state index in [1.807, 2.05) is 30.5 Å². The van der Waals surface area contributed by atoms with E-state index in [2.05, 4.69) is 15.6 Å². The number of carbonyl (C=O) groups is 2. The molecule has 1 aromatic heterocycles. The molecular formula is C13H13N3O2. The second-order valence-corrected chi connectivity index (χ2v) is 4.43. The molecule has 18 heavy (non-hydrogen) atoms. The van der Waals surface area contributed by atoms with Gasteiger partial charge < -0.3 is 15.6 Å². The van der Waals surface area contributed by atoms with Crippen LogP contribution in [0.1, 0.15) is 12.8 Å². The maximum Gasteiger partial charge on any atom is 0.246 e. The van der Waals surface area contributed by atoms with Crippen molar-refractivity contribution in [2.75, 3.05) is 5.32 Å². The van der Waals surface area contributed by atoms with Gasteiger partial charge in [-0.1, -0.05) is 6.07 Å². The second-order valence-electron chi connectivity index (χ2n) is 4.43. The van der Waals surface area contributed by atoms with Crippen LogP contribution in [0.3, 0.4) is 0 Å². The molecular weight excluding hydrogens is 230 g/mol. The van der Waals surface area contributed by atoms with E-state index in [-0.39, 0.29) is 11.8 Å². The smallest absolute Gasteiger partial charge is 0.246 e. The Hall–Kier alpha value is -2.30. The van der Waals surface area contributed by atoms with Crippen LogP contribution >= 0.6 is 0 Å². The minimum absolute atomic E-state index is 0.0602. The Morgan fingerprint density at radius 1 is 1.33 bits per heavy atom. The zero-order chi connectivity index (χ0) is 12.5. The summed E-state index contributed by atoms with van der Waals surface area (Å²) in [5, 5.41) is 6.56. The van der Waals surface area contributed by atoms with Gasteiger partial charge >= 0.3 is 0 Å². The van der Waals surface area contributed by atoms with Crippen LogP contribution in [-0.4, -0.2) is 22.8 Å². The highest BCUT2D eigenvalue weighted by Crippen LogP contribution is 2.18. The van der Waals surface area contributed by atoms with Crippen molar-refractivity contribution in [2.45, 2.75) is 18.9 Å². The summed E-state index contributed by atoms with van der Waals surface area (Å²) in [4.78, 5) is 26.0. The number of fused-ring (bicyclic) bond motifs is 1. The molecule has 0 radical (unpaired) electrons. The van der Waals surface area contributed by atoms with Gasteiger partial charge in [0.05, 0.1) is 0 Å². The molecule has 1 aliphatic heterocycles. The molecule has 1 unspecified atom stereocenters. The van der Waals surface area contributed by atoms with Gasteiger partial charge in [0.2, 0.25) is 11.8 Å². The Kier molecular flexibility index (Phi) is 2.51. The van der Waals surface area contributed by atoms with Gasteiger partial charge in [0.1, 0.15) is 6.04 Å². The molecule has 1 saturated heterocycles. The summed E-state index contributed by atoms with van der Waals surface area (Å²) in [7, 11) is 0. The highest BCUT2D eigenvalue weighted by atomic mass is 16.2. The van der Waals surface area contributed by atoms with Crippen LogP contribution in [0, 0.1) is 0 Å². The zero-order valence-electron chi connectivity index (χ0n) is 9.69. The Morgan fingerprint density at radius 3 is 3.00 bits per heavy atom. The molecule has 0 saturated carbocycles. The molecule has 5 nitrogen and oxygen atoms in total. The molecule has 1 aliphatic rings. The molecule has 2 amide bonds. The minimum atomic E-state index is -0.406. The van der Waals surface area contributed by atoms with Crippen molar-refractivity contribution in [3.8, 4) is 0 Å². The topological polar surface area (TPSA) is 74.0 Å². The fourth-order valence-electron chi connectivity index (χ4n) is 2.17. The number of benzene rings is 1. The third-order valence-corrected chi connectivity index (χ3v) is 3.13. The predicted octanol–water partition coefficient (Wildman–Crippen LogP) is 1.39. The Morgan fingerprint density at radius 2 is 2.22 bits per heavy atom. The third kappa shape index (κ3) is 1.95. The van der Waals surface area contributed by atoms with Gasteiger partial charge in [0.15, 0.2) is 0 Å². The average Bonchev–Trinajstić information content (AvgIpc) is 2.96. The molecule has 3 rings (SSSR count). The van der Waals surface area contributed by atoms with Gasteiger partial charge in [-0.25, -0.2) is 0 Å². The van der Waals surface area contributed by atoms with Gasteiger partial charge in [-0.05, 0) is 30.0 Å². The van der Waals surface area contributed by atoms with Gasteiger partial charge in [-0.3, -0.25) is 9.59 Å². The quantitative estimate of drug-likeness (QED) is 0.745. The predicted molar refractivity (Wildman–Crippen MR) is 68.1 cm³/mol. The molecule has 0 spiro atoms. The normalized spacial score (nSPS) is 18.9. The lowest BCUT2D eigenvalue weighted by atomic mass is 10.2. The van der Waals surface area contributed by atoms with E-state index >= 15 is 0 Å². The third-order valence-electron chi connectivity index (χ3n) is 3.13. The van der Waals surface area contributed by atoms with Crippen molar-refractivity contribution in [3.05, 3.63) is 30.5 Å².